The largest absolute Gasteiger partial charge is 0.489 e. The Morgan fingerprint density at radius 2 is 1.92 bits per heavy atom. The molecule has 0 saturated carbocycles. The quantitative estimate of drug-likeness (QED) is 0.711. The number of thiophene rings is 1. The molecule has 1 aliphatic rings. The summed E-state index contributed by atoms with van der Waals surface area (Å²) in [6.07, 6.45) is 0.163. The molecule has 4 nitrogen and oxygen atoms in total. The van der Waals surface area contributed by atoms with Crippen molar-refractivity contribution in [1.29, 1.82) is 0 Å². The molecule has 3 aromatic rings. The van der Waals surface area contributed by atoms with Crippen LogP contribution in [0.5, 0.6) is 5.75 Å². The molecule has 2 heterocycles. The lowest BCUT2D eigenvalue weighted by molar-refractivity contribution is -0.112. The Morgan fingerprint density at radius 3 is 2.73 bits per heavy atom. The van der Waals surface area contributed by atoms with Gasteiger partial charge in [0.05, 0.1) is 24.9 Å². The Morgan fingerprint density at radius 1 is 1.08 bits per heavy atom. The lowest BCUT2D eigenvalue weighted by atomic mass is 10.00. The van der Waals surface area contributed by atoms with Gasteiger partial charge in [-0.1, -0.05) is 36.4 Å². The Bertz CT molecular complexity index is 861. The fourth-order valence-electron chi connectivity index (χ4n) is 3.38. The van der Waals surface area contributed by atoms with Crippen LogP contribution in [-0.2, 0) is 11.3 Å². The predicted molar refractivity (Wildman–Crippen MR) is 103 cm³/mol. The van der Waals surface area contributed by atoms with Crippen LogP contribution in [0.3, 0.4) is 0 Å². The Labute approximate surface area is 156 Å². The summed E-state index contributed by atoms with van der Waals surface area (Å²) in [7, 11) is 0. The van der Waals surface area contributed by atoms with Crippen LogP contribution in [0, 0.1) is 0 Å². The van der Waals surface area contributed by atoms with E-state index < -0.39 is 6.10 Å². The Hall–Kier alpha value is -1.92. The van der Waals surface area contributed by atoms with Crippen molar-refractivity contribution in [2.45, 2.75) is 37.8 Å². The van der Waals surface area contributed by atoms with Crippen molar-refractivity contribution < 1.29 is 19.7 Å². The summed E-state index contributed by atoms with van der Waals surface area (Å²) in [5, 5.41) is 20.6. The van der Waals surface area contributed by atoms with Gasteiger partial charge in [0, 0.05) is 28.0 Å². The van der Waals surface area contributed by atoms with E-state index in [9.17, 15) is 10.2 Å². The first-order valence-electron chi connectivity index (χ1n) is 8.86. The van der Waals surface area contributed by atoms with Crippen molar-refractivity contribution in [3.63, 3.8) is 0 Å². The van der Waals surface area contributed by atoms with E-state index >= 15 is 0 Å². The second-order valence-electron chi connectivity index (χ2n) is 6.64. The number of rotatable bonds is 5. The summed E-state index contributed by atoms with van der Waals surface area (Å²) in [6.45, 7) is 0.448. The number of hydrogen-bond donors (Lipinski definition) is 2. The van der Waals surface area contributed by atoms with Gasteiger partial charge in [0.1, 0.15) is 12.4 Å². The number of aliphatic hydroxyl groups is 2. The number of hydrogen-bond acceptors (Lipinski definition) is 5. The van der Waals surface area contributed by atoms with E-state index in [1.54, 1.807) is 11.3 Å². The SMILES string of the molecule is OCC1CC(O)CC(c2cc3cccc(COc4ccccc4)c3s2)O1. The summed E-state index contributed by atoms with van der Waals surface area (Å²) in [6, 6.07) is 18.1. The van der Waals surface area contributed by atoms with Gasteiger partial charge >= 0.3 is 0 Å². The van der Waals surface area contributed by atoms with Gasteiger partial charge in [0.25, 0.3) is 0 Å². The Kier molecular flexibility index (Phi) is 5.22. The van der Waals surface area contributed by atoms with Crippen LogP contribution in [0.25, 0.3) is 10.1 Å². The van der Waals surface area contributed by atoms with Crippen LogP contribution in [0.4, 0.5) is 0 Å². The third-order valence-electron chi connectivity index (χ3n) is 4.68. The van der Waals surface area contributed by atoms with Crippen LogP contribution < -0.4 is 4.74 Å². The smallest absolute Gasteiger partial charge is 0.119 e. The predicted octanol–water partition coefficient (Wildman–Crippen LogP) is 4.05. The van der Waals surface area contributed by atoms with Crippen LogP contribution in [-0.4, -0.2) is 29.0 Å². The third kappa shape index (κ3) is 3.76. The molecular formula is C21H22O4S. The summed E-state index contributed by atoms with van der Waals surface area (Å²) in [4.78, 5) is 1.09. The molecule has 0 spiro atoms. The van der Waals surface area contributed by atoms with Crippen LogP contribution >= 0.6 is 11.3 Å². The van der Waals surface area contributed by atoms with Gasteiger partial charge in [-0.3, -0.25) is 0 Å². The maximum Gasteiger partial charge on any atom is 0.119 e. The molecule has 0 radical (unpaired) electrons. The molecule has 136 valence electrons. The molecule has 0 bridgehead atoms. The second-order valence-corrected chi connectivity index (χ2v) is 7.72. The molecule has 1 fully saturated rings. The molecule has 5 heteroatoms. The molecule has 0 amide bonds. The van der Waals surface area contributed by atoms with Crippen molar-refractivity contribution in [1.82, 2.24) is 0 Å². The first kappa shape index (κ1) is 17.5. The first-order chi connectivity index (χ1) is 12.7. The maximum absolute atomic E-state index is 10.1. The standard InChI is InChI=1S/C21H22O4S/c22-12-18-10-16(23)11-19(25-18)20-9-14-5-4-6-15(21(14)26-20)13-24-17-7-2-1-3-8-17/h1-9,16,18-19,22-23H,10-13H2. The number of fused-ring (bicyclic) bond motifs is 1. The minimum Gasteiger partial charge on any atom is -0.489 e. The molecular weight excluding hydrogens is 348 g/mol. The zero-order chi connectivity index (χ0) is 17.9. The van der Waals surface area contributed by atoms with E-state index in [1.165, 1.54) is 4.70 Å². The molecule has 4 rings (SSSR count). The molecule has 1 aliphatic heterocycles. The van der Waals surface area contributed by atoms with E-state index in [4.69, 9.17) is 9.47 Å². The van der Waals surface area contributed by atoms with Crippen molar-refractivity contribution in [3.05, 3.63) is 65.0 Å². The molecule has 2 aromatic carbocycles. The van der Waals surface area contributed by atoms with E-state index in [-0.39, 0.29) is 18.8 Å². The Balaban J connectivity index is 1.57. The van der Waals surface area contributed by atoms with Gasteiger partial charge in [0.15, 0.2) is 0 Å². The molecule has 26 heavy (non-hydrogen) atoms. The molecule has 1 saturated heterocycles. The molecule has 0 aliphatic carbocycles. The maximum atomic E-state index is 10.1. The second kappa shape index (κ2) is 7.76. The zero-order valence-corrected chi connectivity index (χ0v) is 15.2. The van der Waals surface area contributed by atoms with Gasteiger partial charge < -0.3 is 19.7 Å². The highest BCUT2D eigenvalue weighted by molar-refractivity contribution is 7.19. The van der Waals surface area contributed by atoms with Crippen molar-refractivity contribution >= 4 is 21.4 Å². The topological polar surface area (TPSA) is 58.9 Å². The third-order valence-corrected chi connectivity index (χ3v) is 6.00. The van der Waals surface area contributed by atoms with Gasteiger partial charge in [0.2, 0.25) is 0 Å². The highest BCUT2D eigenvalue weighted by Crippen LogP contribution is 2.39. The first-order valence-corrected chi connectivity index (χ1v) is 9.68. The minimum absolute atomic E-state index is 0.0609. The molecule has 1 aromatic heterocycles. The summed E-state index contributed by atoms with van der Waals surface area (Å²) < 4.78 is 13.1. The van der Waals surface area contributed by atoms with Gasteiger partial charge in [-0.25, -0.2) is 0 Å². The molecule has 3 unspecified atom stereocenters. The summed E-state index contributed by atoms with van der Waals surface area (Å²) in [5.74, 6) is 0.853. The molecule has 3 atom stereocenters. The average Bonchev–Trinajstić information content (AvgIpc) is 3.11. The number of benzene rings is 2. The normalized spacial score (nSPS) is 23.2. The lowest BCUT2D eigenvalue weighted by Crippen LogP contribution is -2.33. The average molecular weight is 370 g/mol. The van der Waals surface area contributed by atoms with E-state index in [0.717, 1.165) is 21.6 Å². The van der Waals surface area contributed by atoms with E-state index in [1.807, 2.05) is 36.4 Å². The summed E-state index contributed by atoms with van der Waals surface area (Å²) >= 11 is 1.68. The summed E-state index contributed by atoms with van der Waals surface area (Å²) in [5.41, 5.74) is 1.14. The monoisotopic (exact) mass is 370 g/mol. The number of aliphatic hydroxyl groups excluding tert-OH is 2. The van der Waals surface area contributed by atoms with Crippen molar-refractivity contribution in [2.75, 3.05) is 6.61 Å². The number of para-hydroxylation sites is 1. The zero-order valence-electron chi connectivity index (χ0n) is 14.4. The fourth-order valence-corrected chi connectivity index (χ4v) is 4.59. The van der Waals surface area contributed by atoms with Gasteiger partial charge in [-0.05, 0) is 23.6 Å². The van der Waals surface area contributed by atoms with E-state index in [0.29, 0.717) is 19.4 Å². The van der Waals surface area contributed by atoms with Gasteiger partial charge in [-0.15, -0.1) is 11.3 Å². The minimum atomic E-state index is -0.433. The highest BCUT2D eigenvalue weighted by atomic mass is 32.1. The van der Waals surface area contributed by atoms with Crippen LogP contribution in [0.2, 0.25) is 0 Å². The highest BCUT2D eigenvalue weighted by Gasteiger charge is 2.30. The van der Waals surface area contributed by atoms with Crippen molar-refractivity contribution in [2.24, 2.45) is 0 Å². The van der Waals surface area contributed by atoms with Crippen LogP contribution in [0.15, 0.2) is 54.6 Å². The number of ether oxygens (including phenoxy) is 2. The van der Waals surface area contributed by atoms with Crippen molar-refractivity contribution in [3.8, 4) is 5.75 Å². The van der Waals surface area contributed by atoms with Gasteiger partial charge in [-0.2, -0.15) is 0 Å². The fraction of sp³-hybridized carbons (Fsp3) is 0.333. The van der Waals surface area contributed by atoms with Crippen LogP contribution in [0.1, 0.15) is 29.4 Å². The molecule has 2 N–H and O–H groups in total. The lowest BCUT2D eigenvalue weighted by Gasteiger charge is -2.31. The van der Waals surface area contributed by atoms with E-state index in [2.05, 4.69) is 18.2 Å².